The highest BCUT2D eigenvalue weighted by molar-refractivity contribution is 5.93. The zero-order chi connectivity index (χ0) is 22.1. The molecule has 0 saturated carbocycles. The summed E-state index contributed by atoms with van der Waals surface area (Å²) in [5.41, 5.74) is 10.9. The summed E-state index contributed by atoms with van der Waals surface area (Å²) in [6.07, 6.45) is 1.16. The molecular weight excluding hydrogens is 382 g/mol. The topological polar surface area (TPSA) is 185 Å². The highest BCUT2D eigenvalue weighted by atomic mass is 16.4. The fourth-order valence-corrected chi connectivity index (χ4v) is 3.16. The van der Waals surface area contributed by atoms with Gasteiger partial charge in [0.25, 0.3) is 0 Å². The number of likely N-dealkylation sites (tertiary alicyclic amines) is 1. The maximum absolute atomic E-state index is 12.5. The van der Waals surface area contributed by atoms with E-state index in [9.17, 15) is 24.0 Å². The number of rotatable bonds is 11. The van der Waals surface area contributed by atoms with Crippen LogP contribution in [-0.4, -0.2) is 70.8 Å². The Labute approximate surface area is 169 Å². The summed E-state index contributed by atoms with van der Waals surface area (Å²) < 4.78 is 0. The molecule has 0 aliphatic carbocycles. The lowest BCUT2D eigenvalue weighted by atomic mass is 10.0. The molecule has 1 aliphatic rings. The smallest absolute Gasteiger partial charge is 0.326 e. The van der Waals surface area contributed by atoms with Crippen molar-refractivity contribution < 1.29 is 29.1 Å². The molecule has 11 nitrogen and oxygen atoms in total. The molecule has 1 fully saturated rings. The SMILES string of the molecule is CC(C)CC(N)C(=O)NC(CCC(N)=O)C(=O)NCC(=O)N1CCCC1C(=O)O. The number of carbonyl (C=O) groups is 5. The van der Waals surface area contributed by atoms with Gasteiger partial charge in [-0.05, 0) is 31.6 Å². The monoisotopic (exact) mass is 413 g/mol. The molecule has 4 amide bonds. The molecular formula is C18H31N5O6. The minimum atomic E-state index is -1.09. The maximum atomic E-state index is 12.5. The Morgan fingerprint density at radius 2 is 1.83 bits per heavy atom. The Morgan fingerprint density at radius 3 is 2.38 bits per heavy atom. The summed E-state index contributed by atoms with van der Waals surface area (Å²) in [7, 11) is 0. The molecule has 1 heterocycles. The van der Waals surface area contributed by atoms with Crippen molar-refractivity contribution in [1.82, 2.24) is 15.5 Å². The number of hydrogen-bond acceptors (Lipinski definition) is 6. The third kappa shape index (κ3) is 8.06. The standard InChI is InChI=1S/C18H31N5O6/c1-10(2)8-11(19)16(26)22-12(5-6-14(20)24)17(27)21-9-15(25)23-7-3-4-13(23)18(28)29/h10-13H,3-9,19H2,1-2H3,(H2,20,24)(H,21,27)(H,22,26)(H,28,29). The van der Waals surface area contributed by atoms with Crippen LogP contribution >= 0.6 is 0 Å². The van der Waals surface area contributed by atoms with Crippen LogP contribution in [-0.2, 0) is 24.0 Å². The number of nitrogens with zero attached hydrogens (tertiary/aromatic N) is 1. The molecule has 29 heavy (non-hydrogen) atoms. The molecule has 11 heteroatoms. The Hall–Kier alpha value is -2.69. The number of carboxylic acid groups (broad SMARTS) is 1. The van der Waals surface area contributed by atoms with Crippen molar-refractivity contribution in [3.63, 3.8) is 0 Å². The normalized spacial score (nSPS) is 18.2. The number of amides is 4. The molecule has 3 unspecified atom stereocenters. The molecule has 0 spiro atoms. The second kappa shape index (κ2) is 11.3. The highest BCUT2D eigenvalue weighted by Gasteiger charge is 2.34. The van der Waals surface area contributed by atoms with Crippen molar-refractivity contribution in [1.29, 1.82) is 0 Å². The zero-order valence-corrected chi connectivity index (χ0v) is 16.8. The van der Waals surface area contributed by atoms with Gasteiger partial charge < -0.3 is 32.1 Å². The van der Waals surface area contributed by atoms with E-state index in [1.807, 2.05) is 13.8 Å². The van der Waals surface area contributed by atoms with Gasteiger partial charge in [0.15, 0.2) is 0 Å². The molecule has 1 saturated heterocycles. The quantitative estimate of drug-likeness (QED) is 0.267. The number of primary amides is 1. The summed E-state index contributed by atoms with van der Waals surface area (Å²) in [6.45, 7) is 3.69. The molecule has 0 aromatic heterocycles. The minimum absolute atomic E-state index is 0.0447. The summed E-state index contributed by atoms with van der Waals surface area (Å²) in [4.78, 5) is 60.4. The van der Waals surface area contributed by atoms with E-state index in [0.29, 0.717) is 25.8 Å². The van der Waals surface area contributed by atoms with Gasteiger partial charge in [0, 0.05) is 13.0 Å². The van der Waals surface area contributed by atoms with Gasteiger partial charge in [0.2, 0.25) is 23.6 Å². The molecule has 7 N–H and O–H groups in total. The van der Waals surface area contributed by atoms with Crippen molar-refractivity contribution >= 4 is 29.6 Å². The average molecular weight is 413 g/mol. The van der Waals surface area contributed by atoms with Gasteiger partial charge in [-0.25, -0.2) is 4.79 Å². The van der Waals surface area contributed by atoms with Crippen molar-refractivity contribution in [3.8, 4) is 0 Å². The molecule has 1 aliphatic heterocycles. The molecule has 0 aromatic rings. The third-order valence-electron chi connectivity index (χ3n) is 4.65. The maximum Gasteiger partial charge on any atom is 0.326 e. The fourth-order valence-electron chi connectivity index (χ4n) is 3.16. The lowest BCUT2D eigenvalue weighted by Crippen LogP contribution is -2.53. The number of hydrogen-bond donors (Lipinski definition) is 5. The van der Waals surface area contributed by atoms with Crippen LogP contribution in [0, 0.1) is 5.92 Å². The third-order valence-corrected chi connectivity index (χ3v) is 4.65. The summed E-state index contributed by atoms with van der Waals surface area (Å²) in [5.74, 6) is -3.29. The van der Waals surface area contributed by atoms with Crippen LogP contribution in [0.5, 0.6) is 0 Å². The lowest BCUT2D eigenvalue weighted by Gasteiger charge is -2.23. The first-order valence-electron chi connectivity index (χ1n) is 9.67. The van der Waals surface area contributed by atoms with Crippen molar-refractivity contribution in [2.45, 2.75) is 64.1 Å². The Balaban J connectivity index is 2.68. The molecule has 0 bridgehead atoms. The van der Waals surface area contributed by atoms with Gasteiger partial charge in [0.1, 0.15) is 12.1 Å². The van der Waals surface area contributed by atoms with Crippen LogP contribution in [0.1, 0.15) is 46.0 Å². The average Bonchev–Trinajstić information content (AvgIpc) is 3.12. The predicted molar refractivity (Wildman–Crippen MR) is 103 cm³/mol. The first-order valence-corrected chi connectivity index (χ1v) is 9.67. The highest BCUT2D eigenvalue weighted by Crippen LogP contribution is 2.17. The van der Waals surface area contributed by atoms with E-state index in [2.05, 4.69) is 10.6 Å². The van der Waals surface area contributed by atoms with Gasteiger partial charge in [0.05, 0.1) is 12.6 Å². The van der Waals surface area contributed by atoms with E-state index in [1.54, 1.807) is 0 Å². The van der Waals surface area contributed by atoms with E-state index < -0.39 is 54.3 Å². The van der Waals surface area contributed by atoms with Crippen LogP contribution in [0.15, 0.2) is 0 Å². The second-order valence-corrected chi connectivity index (χ2v) is 7.60. The number of nitrogens with one attached hydrogen (secondary N) is 2. The minimum Gasteiger partial charge on any atom is -0.480 e. The Morgan fingerprint density at radius 1 is 1.17 bits per heavy atom. The van der Waals surface area contributed by atoms with E-state index in [4.69, 9.17) is 16.6 Å². The Bertz CT molecular complexity index is 638. The molecule has 164 valence electrons. The zero-order valence-electron chi connectivity index (χ0n) is 16.8. The van der Waals surface area contributed by atoms with Crippen LogP contribution in [0.25, 0.3) is 0 Å². The van der Waals surface area contributed by atoms with Gasteiger partial charge in [-0.3, -0.25) is 19.2 Å². The van der Waals surface area contributed by atoms with E-state index in [-0.39, 0.29) is 18.8 Å². The summed E-state index contributed by atoms with van der Waals surface area (Å²) >= 11 is 0. The van der Waals surface area contributed by atoms with E-state index in [0.717, 1.165) is 0 Å². The molecule has 1 rings (SSSR count). The fraction of sp³-hybridized carbons (Fsp3) is 0.722. The van der Waals surface area contributed by atoms with Gasteiger partial charge in [-0.1, -0.05) is 13.8 Å². The number of carbonyl (C=O) groups excluding carboxylic acids is 4. The second-order valence-electron chi connectivity index (χ2n) is 7.60. The van der Waals surface area contributed by atoms with Crippen LogP contribution < -0.4 is 22.1 Å². The molecule has 0 radical (unpaired) electrons. The predicted octanol–water partition coefficient (Wildman–Crippen LogP) is -1.70. The van der Waals surface area contributed by atoms with Crippen LogP contribution in [0.3, 0.4) is 0 Å². The van der Waals surface area contributed by atoms with Crippen molar-refractivity contribution in [2.24, 2.45) is 17.4 Å². The summed E-state index contributed by atoms with van der Waals surface area (Å²) in [5, 5.41) is 14.0. The van der Waals surface area contributed by atoms with Gasteiger partial charge in [-0.15, -0.1) is 0 Å². The van der Waals surface area contributed by atoms with E-state index in [1.165, 1.54) is 4.90 Å². The first kappa shape index (κ1) is 24.3. The lowest BCUT2D eigenvalue weighted by molar-refractivity contribution is -0.148. The summed E-state index contributed by atoms with van der Waals surface area (Å²) in [6, 6.07) is -2.81. The van der Waals surface area contributed by atoms with Gasteiger partial charge >= 0.3 is 5.97 Å². The number of nitrogens with two attached hydrogens (primary N) is 2. The number of carboxylic acids is 1. The first-order chi connectivity index (χ1) is 13.5. The van der Waals surface area contributed by atoms with Gasteiger partial charge in [-0.2, -0.15) is 0 Å². The number of aliphatic carboxylic acids is 1. The van der Waals surface area contributed by atoms with Crippen molar-refractivity contribution in [3.05, 3.63) is 0 Å². The van der Waals surface area contributed by atoms with Crippen LogP contribution in [0.2, 0.25) is 0 Å². The van der Waals surface area contributed by atoms with Crippen molar-refractivity contribution in [2.75, 3.05) is 13.1 Å². The van der Waals surface area contributed by atoms with E-state index >= 15 is 0 Å². The van der Waals surface area contributed by atoms with Crippen LogP contribution in [0.4, 0.5) is 0 Å². The molecule has 0 aromatic carbocycles. The molecule has 3 atom stereocenters. The Kier molecular flexibility index (Phi) is 9.53. The largest absolute Gasteiger partial charge is 0.480 e.